The first kappa shape index (κ1) is 507. The van der Waals surface area contributed by atoms with Crippen LogP contribution in [0.2, 0.25) is 0 Å². The minimum Gasteiger partial charge on any atom is -0.870 e. The molecule has 0 amide bonds. The zero-order valence-electron chi connectivity index (χ0n) is 3.81. The first-order chi connectivity index (χ1) is 0. The van der Waals surface area contributed by atoms with Gasteiger partial charge in [-0.3, -0.25) is 0 Å². The van der Waals surface area contributed by atoms with E-state index in [1.807, 2.05) is 0 Å². The summed E-state index contributed by atoms with van der Waals surface area (Å²) in [5.41, 5.74) is 0. The fraction of sp³-hybridized carbons (Fsp3) is 0. The van der Waals surface area contributed by atoms with Gasteiger partial charge in [-0.15, -0.1) is 0 Å². The van der Waals surface area contributed by atoms with Crippen LogP contribution in [0.3, 0.4) is 0 Å². The quantitative estimate of drug-likeness (QED) is 0.297. The fourth-order valence-electron chi connectivity index (χ4n) is 0. The van der Waals surface area contributed by atoms with E-state index in [-0.39, 0.29) is 56.8 Å². The summed E-state index contributed by atoms with van der Waals surface area (Å²) in [4.78, 5) is 0. The van der Waals surface area contributed by atoms with E-state index in [2.05, 4.69) is 0 Å². The molecule has 8 N–H and O–H groups in total. The van der Waals surface area contributed by atoms with E-state index in [1.165, 1.54) is 0 Å². The van der Waals surface area contributed by atoms with Crippen molar-refractivity contribution in [2.45, 2.75) is 0 Å². The SMILES string of the molecule is O.O.O.P.[OH-].[OH-].[Zn+2]. The Labute approximate surface area is 57.4 Å². The second-order valence-corrected chi connectivity index (χ2v) is 0. The Balaban J connectivity index is 0. The molecule has 0 aliphatic heterocycles. The summed E-state index contributed by atoms with van der Waals surface area (Å²) in [7, 11) is 0. The van der Waals surface area contributed by atoms with Crippen LogP contribution in [0.5, 0.6) is 0 Å². The first-order valence-electron chi connectivity index (χ1n) is 0. The fourth-order valence-corrected chi connectivity index (χ4v) is 0. The van der Waals surface area contributed by atoms with Crippen molar-refractivity contribution in [3.05, 3.63) is 0 Å². The van der Waals surface area contributed by atoms with Crippen LogP contribution < -0.4 is 0 Å². The minimum absolute atomic E-state index is 0. The minimum atomic E-state index is 0. The molecule has 0 bridgehead atoms. The molecule has 0 aromatic rings. The van der Waals surface area contributed by atoms with E-state index in [4.69, 9.17) is 0 Å². The third kappa shape index (κ3) is 222. The van der Waals surface area contributed by atoms with E-state index in [0.717, 1.165) is 0 Å². The predicted octanol–water partition coefficient (Wildman–Crippen LogP) is -2.77. The summed E-state index contributed by atoms with van der Waals surface area (Å²) >= 11 is 0. The molecular formula is H11O5PZn. The molecule has 1 unspecified atom stereocenters. The number of hydrogen-bond donors (Lipinski definition) is 0. The molecule has 0 aromatic carbocycles. The van der Waals surface area contributed by atoms with Crippen molar-refractivity contribution in [3.8, 4) is 0 Å². The third-order valence-corrected chi connectivity index (χ3v) is 0. The van der Waals surface area contributed by atoms with E-state index >= 15 is 0 Å². The van der Waals surface area contributed by atoms with Gasteiger partial charge in [-0.1, -0.05) is 0 Å². The van der Waals surface area contributed by atoms with Crippen molar-refractivity contribution < 1.29 is 46.9 Å². The second-order valence-electron chi connectivity index (χ2n) is 0. The maximum Gasteiger partial charge on any atom is 2.00 e. The van der Waals surface area contributed by atoms with Crippen LogP contribution >= 0.6 is 9.90 Å². The Kier molecular flexibility index (Phi) is 23300. The molecule has 7 heteroatoms. The monoisotopic (exact) mass is 186 g/mol. The molecule has 0 radical (unpaired) electrons. The van der Waals surface area contributed by atoms with Crippen molar-refractivity contribution in [2.75, 3.05) is 0 Å². The van der Waals surface area contributed by atoms with Gasteiger partial charge < -0.3 is 27.4 Å². The summed E-state index contributed by atoms with van der Waals surface area (Å²) in [6, 6.07) is 0. The maximum atomic E-state index is 0. The molecule has 0 spiro atoms. The Morgan fingerprint density at radius 1 is 0.571 bits per heavy atom. The summed E-state index contributed by atoms with van der Waals surface area (Å²) in [6.45, 7) is 0. The Bertz CT molecular complexity index is 8.04. The van der Waals surface area contributed by atoms with E-state index in [9.17, 15) is 0 Å². The van der Waals surface area contributed by atoms with Crippen LogP contribution in [0.4, 0.5) is 0 Å². The van der Waals surface area contributed by atoms with Crippen molar-refractivity contribution in [1.82, 2.24) is 0 Å². The molecule has 0 aromatic heterocycles. The average molecular weight is 187 g/mol. The van der Waals surface area contributed by atoms with Gasteiger partial charge in [0.25, 0.3) is 0 Å². The van der Waals surface area contributed by atoms with Gasteiger partial charge in [0, 0.05) is 0 Å². The van der Waals surface area contributed by atoms with Gasteiger partial charge >= 0.3 is 19.5 Å². The van der Waals surface area contributed by atoms with Gasteiger partial charge in [0.15, 0.2) is 0 Å². The van der Waals surface area contributed by atoms with Gasteiger partial charge in [-0.05, 0) is 0 Å². The molecule has 1 atom stereocenters. The molecule has 0 saturated heterocycles. The van der Waals surface area contributed by atoms with Gasteiger partial charge in [0.2, 0.25) is 0 Å². The predicted molar refractivity (Wildman–Crippen MR) is 25.8 cm³/mol. The zero-order valence-corrected chi connectivity index (χ0v) is 8.19. The standard InChI is InChI=1S/5H2O.H3P.Zn/h5*1H2;1H3;/q;;;;;;+2/p-2. The number of hydrogen-bond acceptors (Lipinski definition) is 2. The van der Waals surface area contributed by atoms with Crippen LogP contribution in [-0.4, -0.2) is 27.4 Å². The maximum absolute atomic E-state index is 0. The largest absolute Gasteiger partial charge is 2.00 e. The van der Waals surface area contributed by atoms with Crippen LogP contribution in [0, 0.1) is 0 Å². The van der Waals surface area contributed by atoms with Crippen LogP contribution in [0.15, 0.2) is 0 Å². The van der Waals surface area contributed by atoms with E-state index < -0.39 is 0 Å². The summed E-state index contributed by atoms with van der Waals surface area (Å²) in [5, 5.41) is 0. The Hall–Kier alpha value is 0.853. The van der Waals surface area contributed by atoms with Crippen molar-refractivity contribution in [1.29, 1.82) is 0 Å². The number of rotatable bonds is 0. The molecule has 0 aliphatic carbocycles. The average Bonchev–Trinajstić information content (AvgIpc) is 0. The topological polar surface area (TPSA) is 154 Å². The van der Waals surface area contributed by atoms with Crippen molar-refractivity contribution >= 4 is 9.90 Å². The third-order valence-electron chi connectivity index (χ3n) is 0. The summed E-state index contributed by atoms with van der Waals surface area (Å²) in [5.74, 6) is 0. The second kappa shape index (κ2) is 322. The van der Waals surface area contributed by atoms with Gasteiger partial charge in [-0.2, -0.15) is 9.90 Å². The van der Waals surface area contributed by atoms with Crippen LogP contribution in [0.1, 0.15) is 0 Å². The molecule has 48 valence electrons. The molecule has 0 heterocycles. The Morgan fingerprint density at radius 2 is 0.571 bits per heavy atom. The van der Waals surface area contributed by atoms with E-state index in [1.54, 1.807) is 0 Å². The zero-order chi connectivity index (χ0) is 0. The summed E-state index contributed by atoms with van der Waals surface area (Å²) < 4.78 is 0. The normalized spacial score (nSPS) is 0. The molecule has 0 fully saturated rings. The van der Waals surface area contributed by atoms with Gasteiger partial charge in [0.05, 0.1) is 0 Å². The van der Waals surface area contributed by atoms with Crippen LogP contribution in [0.25, 0.3) is 0 Å². The van der Waals surface area contributed by atoms with Crippen molar-refractivity contribution in [2.24, 2.45) is 0 Å². The van der Waals surface area contributed by atoms with Crippen molar-refractivity contribution in [3.63, 3.8) is 0 Å². The smallest absolute Gasteiger partial charge is 0.870 e. The Morgan fingerprint density at radius 3 is 0.571 bits per heavy atom. The van der Waals surface area contributed by atoms with Crippen LogP contribution in [-0.2, 0) is 19.5 Å². The molecule has 5 nitrogen and oxygen atoms in total. The molecular weight excluding hydrogens is 176 g/mol. The molecule has 0 aliphatic rings. The first-order valence-corrected chi connectivity index (χ1v) is 0. The molecule has 0 saturated carbocycles. The van der Waals surface area contributed by atoms with Gasteiger partial charge in [-0.25, -0.2) is 0 Å². The van der Waals surface area contributed by atoms with E-state index in [0.29, 0.717) is 0 Å². The summed E-state index contributed by atoms with van der Waals surface area (Å²) in [6.07, 6.45) is 0. The molecule has 7 heavy (non-hydrogen) atoms. The molecule has 0 rings (SSSR count). The van der Waals surface area contributed by atoms with Gasteiger partial charge in [0.1, 0.15) is 0 Å².